The largest absolute Gasteiger partial charge is 0.394 e. The molecule has 37 heteroatoms. The van der Waals surface area contributed by atoms with Crippen molar-refractivity contribution in [1.82, 2.24) is 10.6 Å². The zero-order chi connectivity index (χ0) is 61.6. The van der Waals surface area contributed by atoms with E-state index in [-0.39, 0.29) is 6.29 Å². The highest BCUT2D eigenvalue weighted by molar-refractivity contribution is 5.73. The summed E-state index contributed by atoms with van der Waals surface area (Å²) in [4.78, 5) is 37.5. The normalized spacial score (nSPS) is 46.7. The Morgan fingerprint density at radius 1 is 0.458 bits per heavy atom. The Balaban J connectivity index is 1.38. The molecule has 0 spiro atoms. The van der Waals surface area contributed by atoms with Crippen molar-refractivity contribution in [1.29, 1.82) is 0 Å². The minimum absolute atomic E-state index is 0.189. The van der Waals surface area contributed by atoms with Gasteiger partial charge in [0, 0.05) is 13.8 Å². The highest BCUT2D eigenvalue weighted by Crippen LogP contribution is 2.37. The van der Waals surface area contributed by atoms with Crippen LogP contribution in [-0.2, 0) is 71.2 Å². The SMILES string of the molecule is CC(=O)NC1C(OC2C(O)C(COC3OC(CO)C(OC4OC(CO)C(O)C(O)C4O)C(OC4OC(C)C(O)C(O)C4O)C3NC(C)=O)OC(OC(C(O)CO)C(O)C(O)C=O)C2O)OC(CO)C(O)C1OC1OC(CO)C(O)C(O)C1O. The van der Waals surface area contributed by atoms with Crippen LogP contribution < -0.4 is 10.6 Å². The molecule has 0 aromatic heterocycles. The highest BCUT2D eigenvalue weighted by atomic mass is 16.8. The smallest absolute Gasteiger partial charge is 0.217 e. The Bertz CT molecular complexity index is 2020. The third kappa shape index (κ3) is 15.6. The number of aldehydes is 1. The second-order valence-corrected chi connectivity index (χ2v) is 20.7. The Morgan fingerprint density at radius 3 is 1.36 bits per heavy atom. The zero-order valence-corrected chi connectivity index (χ0v) is 44.5. The summed E-state index contributed by atoms with van der Waals surface area (Å²) in [5.74, 6) is -1.83. The van der Waals surface area contributed by atoms with Gasteiger partial charge in [-0.15, -0.1) is 0 Å². The van der Waals surface area contributed by atoms with Gasteiger partial charge < -0.3 is 174 Å². The van der Waals surface area contributed by atoms with Crippen LogP contribution in [0.3, 0.4) is 0 Å². The maximum Gasteiger partial charge on any atom is 0.217 e. The molecular formula is C46H78N2O35. The number of aliphatic hydroxyl groups excluding tert-OH is 20. The Kier molecular flexibility index (Phi) is 25.5. The van der Waals surface area contributed by atoms with Crippen molar-refractivity contribution in [3.8, 4) is 0 Å². The molecule has 0 bridgehead atoms. The lowest BCUT2D eigenvalue weighted by Gasteiger charge is -2.51. The summed E-state index contributed by atoms with van der Waals surface area (Å²) in [6.45, 7) is -3.20. The summed E-state index contributed by atoms with van der Waals surface area (Å²) >= 11 is 0. The number of carbonyl (C=O) groups excluding carboxylic acids is 3. The first kappa shape index (κ1) is 69.4. The average molecular weight is 1220 g/mol. The van der Waals surface area contributed by atoms with Gasteiger partial charge in [0.15, 0.2) is 44.0 Å². The molecule has 22 N–H and O–H groups in total. The summed E-state index contributed by atoms with van der Waals surface area (Å²) < 4.78 is 70.3. The molecule has 6 aliphatic heterocycles. The molecule has 0 radical (unpaired) electrons. The third-order valence-corrected chi connectivity index (χ3v) is 14.8. The van der Waals surface area contributed by atoms with Gasteiger partial charge in [0.1, 0.15) is 165 Å². The molecule has 6 saturated heterocycles. The summed E-state index contributed by atoms with van der Waals surface area (Å²) in [7, 11) is 0. The van der Waals surface area contributed by atoms with Crippen LogP contribution in [0.2, 0.25) is 0 Å². The second kappa shape index (κ2) is 30.5. The minimum atomic E-state index is -2.44. The quantitative estimate of drug-likeness (QED) is 0.0399. The van der Waals surface area contributed by atoms with Crippen molar-refractivity contribution < 1.29 is 173 Å². The minimum Gasteiger partial charge on any atom is -0.394 e. The van der Waals surface area contributed by atoms with Gasteiger partial charge in [-0.05, 0) is 6.92 Å². The van der Waals surface area contributed by atoms with Crippen LogP contribution >= 0.6 is 0 Å². The molecule has 0 aromatic rings. The predicted molar refractivity (Wildman–Crippen MR) is 255 cm³/mol. The Labute approximate surface area is 470 Å². The predicted octanol–water partition coefficient (Wildman–Crippen LogP) is -15.1. The zero-order valence-electron chi connectivity index (χ0n) is 44.5. The van der Waals surface area contributed by atoms with Gasteiger partial charge >= 0.3 is 0 Å². The summed E-state index contributed by atoms with van der Waals surface area (Å²) in [6.07, 6.45) is -64.6. The summed E-state index contributed by atoms with van der Waals surface area (Å²) in [5, 5.41) is 219. The van der Waals surface area contributed by atoms with Crippen molar-refractivity contribution in [3.63, 3.8) is 0 Å². The van der Waals surface area contributed by atoms with E-state index in [1.165, 1.54) is 6.92 Å². The maximum atomic E-state index is 13.1. The summed E-state index contributed by atoms with van der Waals surface area (Å²) in [5.41, 5.74) is 0. The number of aliphatic hydroxyl groups is 20. The van der Waals surface area contributed by atoms with Crippen molar-refractivity contribution in [2.75, 3.05) is 39.6 Å². The van der Waals surface area contributed by atoms with Crippen molar-refractivity contribution in [2.45, 2.75) is 229 Å². The van der Waals surface area contributed by atoms with E-state index >= 15 is 0 Å². The van der Waals surface area contributed by atoms with Gasteiger partial charge in [0.25, 0.3) is 0 Å². The molecule has 0 aliphatic carbocycles. The van der Waals surface area contributed by atoms with E-state index < -0.39 is 260 Å². The number of nitrogens with one attached hydrogen (secondary N) is 2. The van der Waals surface area contributed by atoms with Crippen LogP contribution in [0.25, 0.3) is 0 Å². The lowest BCUT2D eigenvalue weighted by Crippen LogP contribution is -2.70. The van der Waals surface area contributed by atoms with Crippen molar-refractivity contribution in [2.24, 2.45) is 0 Å². The lowest BCUT2D eigenvalue weighted by atomic mass is 9.94. The number of carbonyl (C=O) groups is 3. The number of ether oxygens (including phenoxy) is 12. The first-order valence-electron chi connectivity index (χ1n) is 26.2. The molecule has 6 aliphatic rings. The van der Waals surface area contributed by atoms with Crippen molar-refractivity contribution >= 4 is 18.1 Å². The van der Waals surface area contributed by atoms with E-state index in [0.717, 1.165) is 13.8 Å². The molecule has 0 saturated carbocycles. The number of amides is 2. The molecule has 6 fully saturated rings. The molecule has 6 rings (SSSR count). The van der Waals surface area contributed by atoms with E-state index in [4.69, 9.17) is 56.8 Å². The van der Waals surface area contributed by atoms with E-state index in [9.17, 15) is 117 Å². The first-order chi connectivity index (χ1) is 39.2. The Hall–Kier alpha value is -2.67. The maximum absolute atomic E-state index is 13.1. The van der Waals surface area contributed by atoms with Gasteiger partial charge in [-0.1, -0.05) is 0 Å². The average Bonchev–Trinajstić information content (AvgIpc) is 3.66. The van der Waals surface area contributed by atoms with Crippen LogP contribution in [0.5, 0.6) is 0 Å². The molecule has 37 nitrogen and oxygen atoms in total. The van der Waals surface area contributed by atoms with Gasteiger partial charge in [0.2, 0.25) is 11.8 Å². The van der Waals surface area contributed by atoms with E-state index in [1.807, 2.05) is 0 Å². The number of rotatable bonds is 24. The van der Waals surface area contributed by atoms with Gasteiger partial charge in [-0.3, -0.25) is 9.59 Å². The molecule has 34 unspecified atom stereocenters. The van der Waals surface area contributed by atoms with Gasteiger partial charge in [-0.2, -0.15) is 0 Å². The topological polar surface area (TPSA) is 591 Å². The Morgan fingerprint density at radius 2 is 0.867 bits per heavy atom. The molecule has 0 aromatic carbocycles. The molecule has 6 heterocycles. The molecule has 2 amide bonds. The first-order valence-corrected chi connectivity index (χ1v) is 26.2. The van der Waals surface area contributed by atoms with Gasteiger partial charge in [0.05, 0.1) is 45.7 Å². The molecule has 482 valence electrons. The molecule has 34 atom stereocenters. The standard InChI is InChI=1S/C46H78N2O35/c1-11-23(59)29(65)32(68)43(73-11)82-39-22(48-13(3)56)41(77-19(9-54)37(39)80-44-33(69)30(66)25(61)16(6-51)75-44)72-10-20-28(64)40(35(71)46(78-20)79-36(15(58)5-50)24(60)14(57)4-49)83-42-21(47-12(2)55)38(27(63)18(8-53)74-42)81-45-34(70)31(67)26(62)17(7-52)76-45/h4,11,14-46,50-54,57-71H,5-10H2,1-3H3,(H,47,55)(H,48,56). The van der Waals surface area contributed by atoms with Crippen LogP contribution in [-0.4, -0.2) is 368 Å². The van der Waals surface area contributed by atoms with Crippen LogP contribution in [0.15, 0.2) is 0 Å². The lowest BCUT2D eigenvalue weighted by molar-refractivity contribution is -0.382. The van der Waals surface area contributed by atoms with E-state index in [2.05, 4.69) is 10.6 Å². The van der Waals surface area contributed by atoms with Crippen molar-refractivity contribution in [3.05, 3.63) is 0 Å². The fourth-order valence-electron chi connectivity index (χ4n) is 10.2. The van der Waals surface area contributed by atoms with Crippen LogP contribution in [0.4, 0.5) is 0 Å². The van der Waals surface area contributed by atoms with Crippen LogP contribution in [0.1, 0.15) is 20.8 Å². The third-order valence-electron chi connectivity index (χ3n) is 14.8. The molecular weight excluding hydrogens is 1140 g/mol. The fraction of sp³-hybridized carbons (Fsp3) is 0.935. The van der Waals surface area contributed by atoms with Crippen LogP contribution in [0, 0.1) is 0 Å². The van der Waals surface area contributed by atoms with E-state index in [1.54, 1.807) is 0 Å². The number of hydrogen-bond acceptors (Lipinski definition) is 35. The summed E-state index contributed by atoms with van der Waals surface area (Å²) in [6, 6.07) is -3.70. The second-order valence-electron chi connectivity index (χ2n) is 20.7. The van der Waals surface area contributed by atoms with E-state index in [0.29, 0.717) is 0 Å². The number of hydrogen-bond donors (Lipinski definition) is 22. The fourth-order valence-corrected chi connectivity index (χ4v) is 10.2. The van der Waals surface area contributed by atoms with Gasteiger partial charge in [-0.25, -0.2) is 0 Å². The molecule has 83 heavy (non-hydrogen) atoms. The monoisotopic (exact) mass is 1220 g/mol. The highest BCUT2D eigenvalue weighted by Gasteiger charge is 2.58.